The lowest BCUT2D eigenvalue weighted by molar-refractivity contribution is 0.574. The fraction of sp³-hybridized carbons (Fsp3) is 0.250. The maximum Gasteiger partial charge on any atom is 0.160 e. The van der Waals surface area contributed by atoms with Gasteiger partial charge in [0.15, 0.2) is 5.65 Å². The molecule has 0 aliphatic heterocycles. The number of halogens is 2. The highest BCUT2D eigenvalue weighted by Crippen LogP contribution is 2.19. The van der Waals surface area contributed by atoms with E-state index in [1.54, 1.807) is 24.8 Å². The smallest absolute Gasteiger partial charge is 0.160 e. The molecule has 3 aromatic rings. The molecule has 0 aromatic carbocycles. The third-order valence-electron chi connectivity index (χ3n) is 2.89. The van der Waals surface area contributed by atoms with Gasteiger partial charge in [-0.15, -0.1) is 11.6 Å². The van der Waals surface area contributed by atoms with Crippen LogP contribution in [0, 0.1) is 0 Å². The Morgan fingerprint density at radius 3 is 2.89 bits per heavy atom. The van der Waals surface area contributed by atoms with E-state index in [1.807, 2.05) is 15.3 Å². The Morgan fingerprint density at radius 2 is 2.16 bits per heavy atom. The number of alkyl halides is 1. The maximum atomic E-state index is 5.94. The van der Waals surface area contributed by atoms with Crippen LogP contribution in [0.15, 0.2) is 31.0 Å². The fourth-order valence-electron chi connectivity index (χ4n) is 2.00. The summed E-state index contributed by atoms with van der Waals surface area (Å²) >= 11 is 11.9. The van der Waals surface area contributed by atoms with Gasteiger partial charge in [0.2, 0.25) is 0 Å². The van der Waals surface area contributed by atoms with Crippen LogP contribution in [0.2, 0.25) is 5.02 Å². The molecule has 0 spiro atoms. The van der Waals surface area contributed by atoms with Crippen molar-refractivity contribution in [1.29, 1.82) is 0 Å². The second-order valence-electron chi connectivity index (χ2n) is 4.11. The number of hydrogen-bond donors (Lipinski definition) is 0. The molecule has 0 N–H and O–H groups in total. The van der Waals surface area contributed by atoms with Gasteiger partial charge in [-0.2, -0.15) is 0 Å². The van der Waals surface area contributed by atoms with E-state index in [0.717, 1.165) is 30.1 Å². The lowest BCUT2D eigenvalue weighted by Gasteiger charge is -2.07. The molecule has 5 nitrogen and oxygen atoms in total. The van der Waals surface area contributed by atoms with Gasteiger partial charge < -0.3 is 9.13 Å². The average molecular weight is 296 g/mol. The summed E-state index contributed by atoms with van der Waals surface area (Å²) in [5.41, 5.74) is 1.58. The number of fused-ring (bicyclic) bond motifs is 1. The first-order chi connectivity index (χ1) is 9.28. The molecule has 0 aliphatic carbocycles. The van der Waals surface area contributed by atoms with Crippen molar-refractivity contribution >= 4 is 34.4 Å². The van der Waals surface area contributed by atoms with Gasteiger partial charge in [-0.3, -0.25) is 0 Å². The van der Waals surface area contributed by atoms with E-state index in [0.29, 0.717) is 10.9 Å². The Kier molecular flexibility index (Phi) is 3.40. The predicted molar refractivity (Wildman–Crippen MR) is 74.3 cm³/mol. The van der Waals surface area contributed by atoms with E-state index in [1.165, 1.54) is 0 Å². The van der Waals surface area contributed by atoms with Crippen LogP contribution in [0.25, 0.3) is 11.2 Å². The monoisotopic (exact) mass is 295 g/mol. The molecular weight excluding hydrogens is 285 g/mol. The molecule has 0 amide bonds. The Balaban J connectivity index is 1.96. The van der Waals surface area contributed by atoms with Gasteiger partial charge >= 0.3 is 0 Å². The van der Waals surface area contributed by atoms with Gasteiger partial charge in [0.1, 0.15) is 11.3 Å². The third-order valence-corrected chi connectivity index (χ3v) is 3.34. The molecule has 0 saturated carbocycles. The minimum atomic E-state index is 0.345. The number of nitrogens with zero attached hydrogens (tertiary/aromatic N) is 5. The molecule has 3 aromatic heterocycles. The summed E-state index contributed by atoms with van der Waals surface area (Å²) in [5, 5.41) is 0.577. The van der Waals surface area contributed by atoms with Crippen LogP contribution in [-0.2, 0) is 19.0 Å². The molecule has 19 heavy (non-hydrogen) atoms. The summed E-state index contributed by atoms with van der Waals surface area (Å²) in [5.74, 6) is 1.14. The molecule has 3 rings (SSSR count). The topological polar surface area (TPSA) is 48.5 Å². The highest BCUT2D eigenvalue weighted by atomic mass is 35.5. The van der Waals surface area contributed by atoms with Crippen LogP contribution in [-0.4, -0.2) is 24.1 Å². The number of aryl methyl sites for hydroxylation is 2. The minimum Gasteiger partial charge on any atom is -0.336 e. The Morgan fingerprint density at radius 1 is 1.26 bits per heavy atom. The number of imidazole rings is 2. The molecule has 0 saturated heterocycles. The van der Waals surface area contributed by atoms with Crippen molar-refractivity contribution in [3.05, 3.63) is 41.8 Å². The van der Waals surface area contributed by atoms with E-state index in [4.69, 9.17) is 23.2 Å². The zero-order valence-corrected chi connectivity index (χ0v) is 11.5. The summed E-state index contributed by atoms with van der Waals surface area (Å²) in [6.45, 7) is 1.53. The highest BCUT2D eigenvalue weighted by molar-refractivity contribution is 6.31. The predicted octanol–water partition coefficient (Wildman–Crippen LogP) is 2.72. The quantitative estimate of drug-likeness (QED) is 0.695. The number of rotatable bonds is 4. The van der Waals surface area contributed by atoms with Crippen molar-refractivity contribution in [3.63, 3.8) is 0 Å². The Hall–Kier alpha value is -1.59. The first-order valence-corrected chi connectivity index (χ1v) is 6.71. The molecule has 0 bridgehead atoms. The molecule has 0 aliphatic rings. The summed E-state index contributed by atoms with van der Waals surface area (Å²) in [6, 6.07) is 1.80. The lowest BCUT2D eigenvalue weighted by Crippen LogP contribution is -2.09. The van der Waals surface area contributed by atoms with Crippen molar-refractivity contribution in [2.45, 2.75) is 19.0 Å². The van der Waals surface area contributed by atoms with Crippen molar-refractivity contribution in [2.24, 2.45) is 0 Å². The van der Waals surface area contributed by atoms with E-state index >= 15 is 0 Å². The van der Waals surface area contributed by atoms with Gasteiger partial charge in [-0.05, 0) is 6.07 Å². The first-order valence-electron chi connectivity index (χ1n) is 5.80. The molecule has 0 fully saturated rings. The van der Waals surface area contributed by atoms with Crippen LogP contribution in [0.3, 0.4) is 0 Å². The van der Waals surface area contributed by atoms with E-state index in [9.17, 15) is 0 Å². The molecule has 0 radical (unpaired) electrons. The highest BCUT2D eigenvalue weighted by Gasteiger charge is 2.11. The summed E-state index contributed by atoms with van der Waals surface area (Å²) < 4.78 is 4.01. The van der Waals surface area contributed by atoms with Crippen molar-refractivity contribution < 1.29 is 0 Å². The van der Waals surface area contributed by atoms with Crippen LogP contribution >= 0.6 is 23.2 Å². The number of aromatic nitrogens is 5. The molecule has 0 unspecified atom stereocenters. The van der Waals surface area contributed by atoms with Gasteiger partial charge in [-0.25, -0.2) is 15.0 Å². The van der Waals surface area contributed by atoms with Crippen molar-refractivity contribution in [3.8, 4) is 0 Å². The SMILES string of the molecule is ClCc1nc2cc(Cl)cnc2n1CCn1ccnc1. The summed E-state index contributed by atoms with van der Waals surface area (Å²) in [4.78, 5) is 12.8. The Bertz CT molecular complexity index is 690. The van der Waals surface area contributed by atoms with E-state index < -0.39 is 0 Å². The van der Waals surface area contributed by atoms with Crippen LogP contribution in [0.5, 0.6) is 0 Å². The third kappa shape index (κ3) is 2.43. The molecule has 0 atom stereocenters. The van der Waals surface area contributed by atoms with Crippen molar-refractivity contribution in [2.75, 3.05) is 0 Å². The van der Waals surface area contributed by atoms with Crippen LogP contribution < -0.4 is 0 Å². The summed E-state index contributed by atoms with van der Waals surface area (Å²) in [6.07, 6.45) is 7.08. The second-order valence-corrected chi connectivity index (χ2v) is 4.81. The van der Waals surface area contributed by atoms with Gasteiger partial charge in [-0.1, -0.05) is 11.6 Å². The van der Waals surface area contributed by atoms with Crippen LogP contribution in [0.1, 0.15) is 5.82 Å². The number of hydrogen-bond acceptors (Lipinski definition) is 3. The maximum absolute atomic E-state index is 5.94. The molecular formula is C12H11Cl2N5. The number of pyridine rings is 1. The lowest BCUT2D eigenvalue weighted by atomic mass is 10.4. The van der Waals surface area contributed by atoms with E-state index in [-0.39, 0.29) is 0 Å². The zero-order valence-electron chi connectivity index (χ0n) is 10.0. The fourth-order valence-corrected chi connectivity index (χ4v) is 2.36. The minimum absolute atomic E-state index is 0.345. The zero-order chi connectivity index (χ0) is 13.2. The largest absolute Gasteiger partial charge is 0.336 e. The normalized spacial score (nSPS) is 11.3. The van der Waals surface area contributed by atoms with Gasteiger partial charge in [0.25, 0.3) is 0 Å². The molecule has 3 heterocycles. The Labute approximate surface area is 119 Å². The molecule has 98 valence electrons. The first kappa shape index (κ1) is 12.4. The standard InChI is InChI=1S/C12H11Cl2N5/c13-6-11-17-10-5-9(14)7-16-12(10)19(11)4-3-18-2-1-15-8-18/h1-2,5,7-8H,3-4,6H2. The second kappa shape index (κ2) is 5.19. The summed E-state index contributed by atoms with van der Waals surface area (Å²) in [7, 11) is 0. The van der Waals surface area contributed by atoms with Crippen LogP contribution in [0.4, 0.5) is 0 Å². The van der Waals surface area contributed by atoms with E-state index in [2.05, 4.69) is 15.0 Å². The van der Waals surface area contributed by atoms with Gasteiger partial charge in [0, 0.05) is 31.7 Å². The molecule has 7 heteroatoms. The van der Waals surface area contributed by atoms with Gasteiger partial charge in [0.05, 0.1) is 17.2 Å². The average Bonchev–Trinajstić information content (AvgIpc) is 3.02. The van der Waals surface area contributed by atoms with Crippen molar-refractivity contribution in [1.82, 2.24) is 24.1 Å².